The SMILES string of the molecule is Cc1nc2c(N3CCOC(C)(C)C3)nc(Cl)cc2n1C. The van der Waals surface area contributed by atoms with Crippen LogP contribution in [0.3, 0.4) is 0 Å². The van der Waals surface area contributed by atoms with E-state index >= 15 is 0 Å². The predicted molar refractivity (Wildman–Crippen MR) is 80.5 cm³/mol. The summed E-state index contributed by atoms with van der Waals surface area (Å²) in [5.41, 5.74) is 1.74. The van der Waals surface area contributed by atoms with Gasteiger partial charge < -0.3 is 14.2 Å². The number of hydrogen-bond acceptors (Lipinski definition) is 4. The van der Waals surface area contributed by atoms with Gasteiger partial charge in [-0.1, -0.05) is 11.6 Å². The molecule has 0 amide bonds. The van der Waals surface area contributed by atoms with Gasteiger partial charge in [0.15, 0.2) is 5.82 Å². The average molecular weight is 295 g/mol. The van der Waals surface area contributed by atoms with Crippen LogP contribution in [0.15, 0.2) is 6.07 Å². The van der Waals surface area contributed by atoms with Crippen LogP contribution in [0.25, 0.3) is 11.0 Å². The maximum Gasteiger partial charge on any atom is 0.158 e. The number of nitrogens with zero attached hydrogens (tertiary/aromatic N) is 4. The molecule has 1 aliphatic rings. The predicted octanol–water partition coefficient (Wildman–Crippen LogP) is 2.55. The van der Waals surface area contributed by atoms with Crippen molar-refractivity contribution in [1.82, 2.24) is 14.5 Å². The van der Waals surface area contributed by atoms with Gasteiger partial charge in [-0.25, -0.2) is 9.97 Å². The molecule has 2 aromatic heterocycles. The van der Waals surface area contributed by atoms with Crippen LogP contribution < -0.4 is 4.90 Å². The van der Waals surface area contributed by atoms with Crippen LogP contribution in [0.4, 0.5) is 5.82 Å². The van der Waals surface area contributed by atoms with Gasteiger partial charge in [-0.15, -0.1) is 0 Å². The number of imidazole rings is 1. The second-order valence-corrected chi connectivity index (χ2v) is 6.27. The van der Waals surface area contributed by atoms with E-state index in [4.69, 9.17) is 16.3 Å². The minimum absolute atomic E-state index is 0.182. The number of rotatable bonds is 1. The zero-order chi connectivity index (χ0) is 14.5. The fraction of sp³-hybridized carbons (Fsp3) is 0.571. The molecule has 1 saturated heterocycles. The molecule has 0 N–H and O–H groups in total. The zero-order valence-electron chi connectivity index (χ0n) is 12.3. The monoisotopic (exact) mass is 294 g/mol. The number of halogens is 1. The lowest BCUT2D eigenvalue weighted by atomic mass is 10.1. The van der Waals surface area contributed by atoms with Crippen molar-refractivity contribution in [1.29, 1.82) is 0 Å². The summed E-state index contributed by atoms with van der Waals surface area (Å²) < 4.78 is 7.80. The van der Waals surface area contributed by atoms with Crippen molar-refractivity contribution in [3.05, 3.63) is 17.0 Å². The van der Waals surface area contributed by atoms with E-state index in [9.17, 15) is 0 Å². The Morgan fingerprint density at radius 2 is 2.10 bits per heavy atom. The first-order chi connectivity index (χ1) is 9.37. The van der Waals surface area contributed by atoms with E-state index in [1.807, 2.05) is 24.6 Å². The topological polar surface area (TPSA) is 43.2 Å². The summed E-state index contributed by atoms with van der Waals surface area (Å²) in [6.45, 7) is 8.44. The summed E-state index contributed by atoms with van der Waals surface area (Å²) in [7, 11) is 1.99. The number of aromatic nitrogens is 3. The Balaban J connectivity index is 2.13. The van der Waals surface area contributed by atoms with Gasteiger partial charge in [0.05, 0.1) is 17.7 Å². The average Bonchev–Trinajstić information content (AvgIpc) is 2.64. The van der Waals surface area contributed by atoms with Gasteiger partial charge in [0.2, 0.25) is 0 Å². The second-order valence-electron chi connectivity index (χ2n) is 5.88. The standard InChI is InChI=1S/C14H19ClN4O/c1-9-16-12-10(18(9)4)7-11(15)17-13(12)19-5-6-20-14(2,3)8-19/h7H,5-6,8H2,1-4H3. The van der Waals surface area contributed by atoms with Crippen molar-refractivity contribution in [2.75, 3.05) is 24.6 Å². The van der Waals surface area contributed by atoms with Gasteiger partial charge in [-0.3, -0.25) is 0 Å². The molecule has 0 atom stereocenters. The van der Waals surface area contributed by atoms with Crippen molar-refractivity contribution in [3.8, 4) is 0 Å². The summed E-state index contributed by atoms with van der Waals surface area (Å²) in [6.07, 6.45) is 0. The summed E-state index contributed by atoms with van der Waals surface area (Å²) in [5, 5.41) is 0.500. The molecular formula is C14H19ClN4O. The Hall–Kier alpha value is -1.33. The molecule has 20 heavy (non-hydrogen) atoms. The number of ether oxygens (including phenoxy) is 1. The lowest BCUT2D eigenvalue weighted by Gasteiger charge is -2.38. The minimum atomic E-state index is -0.182. The summed E-state index contributed by atoms with van der Waals surface area (Å²) in [4.78, 5) is 11.4. The van der Waals surface area contributed by atoms with Crippen LogP contribution >= 0.6 is 11.6 Å². The summed E-state index contributed by atoms with van der Waals surface area (Å²) in [6, 6.07) is 1.87. The van der Waals surface area contributed by atoms with Crippen molar-refractivity contribution in [2.24, 2.45) is 7.05 Å². The highest BCUT2D eigenvalue weighted by atomic mass is 35.5. The molecule has 3 heterocycles. The van der Waals surface area contributed by atoms with E-state index in [1.165, 1.54) is 0 Å². The largest absolute Gasteiger partial charge is 0.372 e. The normalized spacial score (nSPS) is 18.8. The molecule has 0 saturated carbocycles. The van der Waals surface area contributed by atoms with Crippen LogP contribution in [-0.4, -0.2) is 39.8 Å². The molecule has 1 fully saturated rings. The van der Waals surface area contributed by atoms with Crippen molar-refractivity contribution in [3.63, 3.8) is 0 Å². The van der Waals surface area contributed by atoms with E-state index in [-0.39, 0.29) is 5.60 Å². The van der Waals surface area contributed by atoms with Gasteiger partial charge in [0, 0.05) is 26.2 Å². The van der Waals surface area contributed by atoms with E-state index in [2.05, 4.69) is 28.7 Å². The van der Waals surface area contributed by atoms with Gasteiger partial charge in [0.25, 0.3) is 0 Å². The Bertz CT molecular complexity index is 665. The van der Waals surface area contributed by atoms with Crippen molar-refractivity contribution < 1.29 is 4.74 Å². The molecule has 0 bridgehead atoms. The molecular weight excluding hydrogens is 276 g/mol. The van der Waals surface area contributed by atoms with Crippen LogP contribution in [0, 0.1) is 6.92 Å². The van der Waals surface area contributed by atoms with Gasteiger partial charge in [-0.05, 0) is 20.8 Å². The summed E-state index contributed by atoms with van der Waals surface area (Å²) in [5.74, 6) is 1.81. The highest BCUT2D eigenvalue weighted by molar-refractivity contribution is 6.30. The van der Waals surface area contributed by atoms with E-state index < -0.39 is 0 Å². The van der Waals surface area contributed by atoms with Crippen LogP contribution in [0.2, 0.25) is 5.15 Å². The van der Waals surface area contributed by atoms with Crippen molar-refractivity contribution in [2.45, 2.75) is 26.4 Å². The molecule has 2 aromatic rings. The number of anilines is 1. The smallest absolute Gasteiger partial charge is 0.158 e. The van der Waals surface area contributed by atoms with E-state index in [1.54, 1.807) is 0 Å². The first kappa shape index (κ1) is 13.6. The van der Waals surface area contributed by atoms with Gasteiger partial charge in [0.1, 0.15) is 16.5 Å². The lowest BCUT2D eigenvalue weighted by Crippen LogP contribution is -2.48. The molecule has 1 aliphatic heterocycles. The van der Waals surface area contributed by atoms with Crippen LogP contribution in [0.5, 0.6) is 0 Å². The van der Waals surface area contributed by atoms with Crippen LogP contribution in [-0.2, 0) is 11.8 Å². The molecule has 108 valence electrons. The molecule has 0 radical (unpaired) electrons. The Morgan fingerprint density at radius 3 is 2.80 bits per heavy atom. The third-order valence-electron chi connectivity index (χ3n) is 3.77. The maximum atomic E-state index is 6.19. The summed E-state index contributed by atoms with van der Waals surface area (Å²) >= 11 is 6.19. The Morgan fingerprint density at radius 1 is 1.35 bits per heavy atom. The Kier molecular flexibility index (Phi) is 3.14. The second kappa shape index (κ2) is 4.60. The van der Waals surface area contributed by atoms with E-state index in [0.29, 0.717) is 11.8 Å². The molecule has 0 aromatic carbocycles. The number of morpholine rings is 1. The fourth-order valence-electron chi connectivity index (χ4n) is 2.67. The minimum Gasteiger partial charge on any atom is -0.372 e. The third-order valence-corrected chi connectivity index (χ3v) is 3.96. The van der Waals surface area contributed by atoms with E-state index in [0.717, 1.165) is 35.8 Å². The quantitative estimate of drug-likeness (QED) is 0.758. The fourth-order valence-corrected chi connectivity index (χ4v) is 2.86. The van der Waals surface area contributed by atoms with Gasteiger partial charge >= 0.3 is 0 Å². The number of pyridine rings is 1. The van der Waals surface area contributed by atoms with Crippen molar-refractivity contribution >= 4 is 28.5 Å². The molecule has 6 heteroatoms. The third kappa shape index (κ3) is 2.25. The number of aryl methyl sites for hydroxylation is 2. The zero-order valence-corrected chi connectivity index (χ0v) is 13.0. The molecule has 5 nitrogen and oxygen atoms in total. The van der Waals surface area contributed by atoms with Crippen LogP contribution in [0.1, 0.15) is 19.7 Å². The maximum absolute atomic E-state index is 6.19. The highest BCUT2D eigenvalue weighted by Crippen LogP contribution is 2.30. The number of hydrogen-bond donors (Lipinski definition) is 0. The van der Waals surface area contributed by atoms with Gasteiger partial charge in [-0.2, -0.15) is 0 Å². The lowest BCUT2D eigenvalue weighted by molar-refractivity contribution is -0.0278. The molecule has 3 rings (SSSR count). The first-order valence-electron chi connectivity index (χ1n) is 6.76. The number of fused-ring (bicyclic) bond motifs is 1. The molecule has 0 unspecified atom stereocenters. The molecule has 0 spiro atoms. The first-order valence-corrected chi connectivity index (χ1v) is 7.14. The highest BCUT2D eigenvalue weighted by Gasteiger charge is 2.29. The molecule has 0 aliphatic carbocycles. The Labute approximate surface area is 123 Å².